The van der Waals surface area contributed by atoms with Gasteiger partial charge in [0.1, 0.15) is 0 Å². The summed E-state index contributed by atoms with van der Waals surface area (Å²) in [6, 6.07) is 18.1. The quantitative estimate of drug-likeness (QED) is 0.492. The molecule has 5 nitrogen and oxygen atoms in total. The third-order valence-corrected chi connectivity index (χ3v) is 6.52. The number of nitrogens with zero attached hydrogens (tertiary/aromatic N) is 1. The van der Waals surface area contributed by atoms with Gasteiger partial charge in [0, 0.05) is 45.9 Å². The van der Waals surface area contributed by atoms with Gasteiger partial charge in [0.2, 0.25) is 0 Å². The number of nitrogens with one attached hydrogen (secondary N) is 1. The fourth-order valence-electron chi connectivity index (χ4n) is 3.60. The second kappa shape index (κ2) is 7.21. The summed E-state index contributed by atoms with van der Waals surface area (Å²) < 4.78 is 26.0. The Bertz CT molecular complexity index is 1370. The molecule has 1 heterocycles. The van der Waals surface area contributed by atoms with E-state index in [-0.39, 0.29) is 15.5 Å². The Morgan fingerprint density at radius 1 is 1.00 bits per heavy atom. The standard InChI is InChI=1S/C22H19ClN2O3S/c1-3-25-19-7-5-4-6-16(19)17-13-15(9-11-20(17)25)24-22(26)14-8-10-18(23)21(12-14)29(2,27)28/h4-13H,3H2,1-2H3,(H,24,26). The Kier molecular flexibility index (Phi) is 4.84. The number of benzene rings is 3. The Morgan fingerprint density at radius 2 is 1.72 bits per heavy atom. The van der Waals surface area contributed by atoms with E-state index in [1.807, 2.05) is 30.3 Å². The number of aryl methyl sites for hydroxylation is 1. The molecule has 3 aromatic carbocycles. The molecular formula is C22H19ClN2O3S. The Balaban J connectivity index is 1.73. The molecule has 0 unspecified atom stereocenters. The molecule has 0 aliphatic rings. The molecule has 0 spiro atoms. The average molecular weight is 427 g/mol. The molecule has 0 bridgehead atoms. The van der Waals surface area contributed by atoms with Crippen LogP contribution in [0, 0.1) is 0 Å². The van der Waals surface area contributed by atoms with Crippen LogP contribution in [0.4, 0.5) is 5.69 Å². The summed E-state index contributed by atoms with van der Waals surface area (Å²) in [4.78, 5) is 12.6. The molecule has 4 aromatic rings. The SMILES string of the molecule is CCn1c2ccccc2c2cc(NC(=O)c3ccc(Cl)c(S(C)(=O)=O)c3)ccc21. The zero-order valence-electron chi connectivity index (χ0n) is 15.9. The highest BCUT2D eigenvalue weighted by atomic mass is 35.5. The second-order valence-corrected chi connectivity index (χ2v) is 9.26. The number of aromatic nitrogens is 1. The van der Waals surface area contributed by atoms with Crippen molar-refractivity contribution in [3.8, 4) is 0 Å². The van der Waals surface area contributed by atoms with Crippen molar-refractivity contribution in [3.63, 3.8) is 0 Å². The summed E-state index contributed by atoms with van der Waals surface area (Å²) in [5.74, 6) is -0.398. The molecule has 148 valence electrons. The van der Waals surface area contributed by atoms with Gasteiger partial charge in [-0.3, -0.25) is 4.79 Å². The lowest BCUT2D eigenvalue weighted by molar-refractivity contribution is 0.102. The van der Waals surface area contributed by atoms with Crippen molar-refractivity contribution in [1.82, 2.24) is 4.57 Å². The number of sulfone groups is 1. The minimum atomic E-state index is -3.53. The Hall–Kier alpha value is -2.83. The van der Waals surface area contributed by atoms with Crippen molar-refractivity contribution in [3.05, 3.63) is 71.2 Å². The number of amides is 1. The number of hydrogen-bond acceptors (Lipinski definition) is 3. The van der Waals surface area contributed by atoms with Gasteiger partial charge in [-0.05, 0) is 49.4 Å². The third kappa shape index (κ3) is 3.50. The molecule has 1 amide bonds. The summed E-state index contributed by atoms with van der Waals surface area (Å²) in [6.07, 6.45) is 1.06. The molecule has 0 aliphatic carbocycles. The zero-order valence-corrected chi connectivity index (χ0v) is 17.5. The Morgan fingerprint density at radius 3 is 2.45 bits per heavy atom. The zero-order chi connectivity index (χ0) is 20.8. The third-order valence-electron chi connectivity index (χ3n) is 4.94. The summed E-state index contributed by atoms with van der Waals surface area (Å²) in [7, 11) is -3.53. The maximum atomic E-state index is 12.7. The predicted octanol–water partition coefficient (Wildman–Crippen LogP) is 5.12. The van der Waals surface area contributed by atoms with E-state index in [0.29, 0.717) is 5.69 Å². The summed E-state index contributed by atoms with van der Waals surface area (Å²) in [6.45, 7) is 2.94. The molecule has 29 heavy (non-hydrogen) atoms. The van der Waals surface area contributed by atoms with E-state index in [4.69, 9.17) is 11.6 Å². The largest absolute Gasteiger partial charge is 0.341 e. The van der Waals surface area contributed by atoms with Crippen LogP contribution < -0.4 is 5.32 Å². The predicted molar refractivity (Wildman–Crippen MR) is 118 cm³/mol. The number of hydrogen-bond donors (Lipinski definition) is 1. The molecule has 0 aliphatic heterocycles. The minimum Gasteiger partial charge on any atom is -0.341 e. The maximum Gasteiger partial charge on any atom is 0.255 e. The number of para-hydroxylation sites is 1. The highest BCUT2D eigenvalue weighted by Crippen LogP contribution is 2.31. The molecule has 0 fully saturated rings. The fourth-order valence-corrected chi connectivity index (χ4v) is 4.91. The first kappa shape index (κ1) is 19.5. The summed E-state index contributed by atoms with van der Waals surface area (Å²) >= 11 is 5.97. The average Bonchev–Trinajstić information content (AvgIpc) is 3.00. The fraction of sp³-hybridized carbons (Fsp3) is 0.136. The van der Waals surface area contributed by atoms with Crippen molar-refractivity contribution in [1.29, 1.82) is 0 Å². The van der Waals surface area contributed by atoms with Gasteiger partial charge >= 0.3 is 0 Å². The van der Waals surface area contributed by atoms with Crippen molar-refractivity contribution in [2.45, 2.75) is 18.4 Å². The van der Waals surface area contributed by atoms with Crippen LogP contribution in [0.5, 0.6) is 0 Å². The number of carbonyl (C=O) groups is 1. The van der Waals surface area contributed by atoms with Gasteiger partial charge in [-0.15, -0.1) is 0 Å². The second-order valence-electron chi connectivity index (χ2n) is 6.86. The van der Waals surface area contributed by atoms with Crippen LogP contribution in [0.2, 0.25) is 5.02 Å². The summed E-state index contributed by atoms with van der Waals surface area (Å²) in [5, 5.41) is 5.12. The number of anilines is 1. The number of halogens is 1. The van der Waals surface area contributed by atoms with Crippen LogP contribution >= 0.6 is 11.6 Å². The molecule has 4 rings (SSSR count). The van der Waals surface area contributed by atoms with Gasteiger partial charge in [-0.25, -0.2) is 8.42 Å². The lowest BCUT2D eigenvalue weighted by Gasteiger charge is -2.09. The van der Waals surface area contributed by atoms with E-state index >= 15 is 0 Å². The summed E-state index contributed by atoms with van der Waals surface area (Å²) in [5.41, 5.74) is 3.10. The number of carbonyl (C=O) groups excluding carboxylic acids is 1. The van der Waals surface area contributed by atoms with E-state index in [1.165, 1.54) is 18.2 Å². The highest BCUT2D eigenvalue weighted by molar-refractivity contribution is 7.90. The molecule has 0 atom stereocenters. The van der Waals surface area contributed by atoms with E-state index < -0.39 is 15.7 Å². The Labute approximate surface area is 173 Å². The number of rotatable bonds is 4. The van der Waals surface area contributed by atoms with Crippen molar-refractivity contribution < 1.29 is 13.2 Å². The first-order chi connectivity index (χ1) is 13.8. The first-order valence-corrected chi connectivity index (χ1v) is 11.4. The monoisotopic (exact) mass is 426 g/mol. The smallest absolute Gasteiger partial charge is 0.255 e. The van der Waals surface area contributed by atoms with Crippen molar-refractivity contribution in [2.75, 3.05) is 11.6 Å². The van der Waals surface area contributed by atoms with E-state index in [0.717, 1.165) is 34.6 Å². The molecule has 1 aromatic heterocycles. The van der Waals surface area contributed by atoms with Gasteiger partial charge < -0.3 is 9.88 Å². The molecular weight excluding hydrogens is 408 g/mol. The number of fused-ring (bicyclic) bond motifs is 3. The topological polar surface area (TPSA) is 68.2 Å². The minimum absolute atomic E-state index is 0.0618. The van der Waals surface area contributed by atoms with Crippen LogP contribution in [0.1, 0.15) is 17.3 Å². The van der Waals surface area contributed by atoms with Gasteiger partial charge in [0.25, 0.3) is 5.91 Å². The first-order valence-electron chi connectivity index (χ1n) is 9.11. The molecule has 1 N–H and O–H groups in total. The van der Waals surface area contributed by atoms with Crippen LogP contribution in [0.25, 0.3) is 21.8 Å². The van der Waals surface area contributed by atoms with Crippen LogP contribution in [0.3, 0.4) is 0 Å². The van der Waals surface area contributed by atoms with Crippen molar-refractivity contribution in [2.24, 2.45) is 0 Å². The van der Waals surface area contributed by atoms with Crippen LogP contribution in [-0.2, 0) is 16.4 Å². The van der Waals surface area contributed by atoms with Gasteiger partial charge in [-0.2, -0.15) is 0 Å². The molecule has 0 radical (unpaired) electrons. The lowest BCUT2D eigenvalue weighted by Crippen LogP contribution is -2.13. The van der Waals surface area contributed by atoms with E-state index in [9.17, 15) is 13.2 Å². The van der Waals surface area contributed by atoms with E-state index in [2.05, 4.69) is 28.9 Å². The lowest BCUT2D eigenvalue weighted by atomic mass is 10.1. The van der Waals surface area contributed by atoms with Gasteiger partial charge in [-0.1, -0.05) is 29.8 Å². The van der Waals surface area contributed by atoms with Crippen molar-refractivity contribution >= 4 is 54.8 Å². The van der Waals surface area contributed by atoms with Gasteiger partial charge in [0.05, 0.1) is 9.92 Å². The maximum absolute atomic E-state index is 12.7. The van der Waals surface area contributed by atoms with Crippen LogP contribution in [0.15, 0.2) is 65.6 Å². The molecule has 7 heteroatoms. The molecule has 0 saturated heterocycles. The van der Waals surface area contributed by atoms with E-state index in [1.54, 1.807) is 0 Å². The molecule has 0 saturated carbocycles. The highest BCUT2D eigenvalue weighted by Gasteiger charge is 2.17. The van der Waals surface area contributed by atoms with Gasteiger partial charge in [0.15, 0.2) is 9.84 Å². The normalized spacial score (nSPS) is 11.8. The van der Waals surface area contributed by atoms with Crippen LogP contribution in [-0.4, -0.2) is 25.1 Å².